The van der Waals surface area contributed by atoms with Crippen LogP contribution < -0.4 is 5.32 Å². The molecule has 3 rings (SSSR count). The van der Waals surface area contributed by atoms with Crippen molar-refractivity contribution in [3.05, 3.63) is 57.9 Å². The Morgan fingerprint density at radius 1 is 1.20 bits per heavy atom. The largest absolute Gasteiger partial charge is 0.441 e. The molecule has 1 heterocycles. The molecule has 20 heavy (non-hydrogen) atoms. The van der Waals surface area contributed by atoms with Gasteiger partial charge >= 0.3 is 0 Å². The molecule has 0 bridgehead atoms. The highest BCUT2D eigenvalue weighted by molar-refractivity contribution is 6.42. The summed E-state index contributed by atoms with van der Waals surface area (Å²) in [6, 6.07) is 11.4. The molecule has 0 fully saturated rings. The molecule has 0 radical (unpaired) electrons. The van der Waals surface area contributed by atoms with E-state index in [9.17, 15) is 0 Å². The van der Waals surface area contributed by atoms with Gasteiger partial charge in [0.25, 0.3) is 0 Å². The van der Waals surface area contributed by atoms with Gasteiger partial charge in [0.05, 0.1) is 10.0 Å². The lowest BCUT2D eigenvalue weighted by molar-refractivity contribution is 0.561. The number of hydrogen-bond donors (Lipinski definition) is 1. The molecule has 0 spiro atoms. The van der Waals surface area contributed by atoms with Gasteiger partial charge in [-0.3, -0.25) is 0 Å². The maximum Gasteiger partial charge on any atom is 0.192 e. The Balaban J connectivity index is 1.81. The third-order valence-electron chi connectivity index (χ3n) is 3.01. The van der Waals surface area contributed by atoms with Gasteiger partial charge < -0.3 is 9.73 Å². The van der Waals surface area contributed by atoms with E-state index in [1.165, 1.54) is 0 Å². The molecule has 0 atom stereocenters. The van der Waals surface area contributed by atoms with Gasteiger partial charge in [-0.2, -0.15) is 0 Å². The van der Waals surface area contributed by atoms with Crippen LogP contribution >= 0.6 is 23.2 Å². The van der Waals surface area contributed by atoms with Crippen LogP contribution in [0.2, 0.25) is 10.0 Å². The summed E-state index contributed by atoms with van der Waals surface area (Å²) < 4.78 is 5.44. The lowest BCUT2D eigenvalue weighted by Gasteiger charge is -2.08. The fraction of sp³-hybridized carbons (Fsp3) is 0.133. The van der Waals surface area contributed by atoms with Crippen molar-refractivity contribution in [2.24, 2.45) is 0 Å². The van der Waals surface area contributed by atoms with Crippen LogP contribution in [0.1, 0.15) is 11.5 Å². The number of benzene rings is 2. The predicted octanol–water partition coefficient (Wildman–Crippen LogP) is 5.06. The molecule has 5 heteroatoms. The van der Waals surface area contributed by atoms with Gasteiger partial charge in [0, 0.05) is 19.2 Å². The topological polar surface area (TPSA) is 38.1 Å². The molecule has 0 aliphatic carbocycles. The predicted molar refractivity (Wildman–Crippen MR) is 82.5 cm³/mol. The summed E-state index contributed by atoms with van der Waals surface area (Å²) in [6.07, 6.45) is 0. The van der Waals surface area contributed by atoms with Crippen LogP contribution in [-0.2, 0) is 6.54 Å². The molecule has 3 nitrogen and oxygen atoms in total. The van der Waals surface area contributed by atoms with Gasteiger partial charge in [-0.1, -0.05) is 35.3 Å². The quantitative estimate of drug-likeness (QED) is 0.735. The third-order valence-corrected chi connectivity index (χ3v) is 3.87. The Hall–Kier alpha value is -1.71. The fourth-order valence-corrected chi connectivity index (χ4v) is 2.42. The van der Waals surface area contributed by atoms with Crippen molar-refractivity contribution in [3.63, 3.8) is 0 Å². The van der Waals surface area contributed by atoms with Crippen molar-refractivity contribution in [3.8, 4) is 0 Å². The lowest BCUT2D eigenvalue weighted by atomic mass is 10.2. The second kappa shape index (κ2) is 5.35. The van der Waals surface area contributed by atoms with E-state index >= 15 is 0 Å². The van der Waals surface area contributed by atoms with Crippen molar-refractivity contribution in [1.29, 1.82) is 0 Å². The summed E-state index contributed by atoms with van der Waals surface area (Å²) in [6.45, 7) is 2.43. The number of anilines is 1. The van der Waals surface area contributed by atoms with E-state index in [-0.39, 0.29) is 0 Å². The minimum absolute atomic E-state index is 0.563. The van der Waals surface area contributed by atoms with Crippen LogP contribution in [0.5, 0.6) is 0 Å². The van der Waals surface area contributed by atoms with E-state index in [1.54, 1.807) is 6.07 Å². The summed E-state index contributed by atoms with van der Waals surface area (Å²) in [5.74, 6) is 0.662. The Labute approximate surface area is 126 Å². The molecule has 1 N–H and O–H groups in total. The minimum Gasteiger partial charge on any atom is -0.441 e. The van der Waals surface area contributed by atoms with E-state index in [4.69, 9.17) is 27.6 Å². The summed E-state index contributed by atoms with van der Waals surface area (Å²) in [7, 11) is 0. The minimum atomic E-state index is 0.563. The van der Waals surface area contributed by atoms with Crippen LogP contribution in [0.25, 0.3) is 11.1 Å². The average Bonchev–Trinajstić information content (AvgIpc) is 2.79. The van der Waals surface area contributed by atoms with Gasteiger partial charge in [0.15, 0.2) is 11.5 Å². The van der Waals surface area contributed by atoms with Crippen molar-refractivity contribution in [2.45, 2.75) is 13.5 Å². The second-order valence-electron chi connectivity index (χ2n) is 4.48. The highest BCUT2D eigenvalue weighted by atomic mass is 35.5. The number of nitrogens with zero attached hydrogens (tertiary/aromatic N) is 1. The molecule has 102 valence electrons. The highest BCUT2D eigenvalue weighted by Crippen LogP contribution is 2.26. The van der Waals surface area contributed by atoms with E-state index < -0.39 is 0 Å². The average molecular weight is 307 g/mol. The lowest BCUT2D eigenvalue weighted by Crippen LogP contribution is -2.00. The smallest absolute Gasteiger partial charge is 0.192 e. The molecule has 1 aromatic heterocycles. The van der Waals surface area contributed by atoms with Crippen LogP contribution in [0, 0.1) is 6.92 Å². The molecule has 0 aliphatic rings. The Morgan fingerprint density at radius 3 is 2.90 bits per heavy atom. The van der Waals surface area contributed by atoms with E-state index in [0.717, 1.165) is 22.4 Å². The normalized spacial score (nSPS) is 10.9. The first-order valence-electron chi connectivity index (χ1n) is 6.17. The van der Waals surface area contributed by atoms with Crippen molar-refractivity contribution >= 4 is 40.0 Å². The molecule has 0 unspecified atom stereocenters. The summed E-state index contributed by atoms with van der Waals surface area (Å²) >= 11 is 12.2. The molecule has 2 aromatic carbocycles. The molecular weight excluding hydrogens is 295 g/mol. The first-order chi connectivity index (χ1) is 9.63. The number of oxazole rings is 1. The zero-order valence-electron chi connectivity index (χ0n) is 10.8. The number of nitrogens with one attached hydrogen (secondary N) is 1. The van der Waals surface area contributed by atoms with Gasteiger partial charge in [-0.15, -0.1) is 0 Å². The van der Waals surface area contributed by atoms with Crippen molar-refractivity contribution < 1.29 is 4.42 Å². The number of halogens is 2. The second-order valence-corrected chi connectivity index (χ2v) is 5.27. The monoisotopic (exact) mass is 306 g/mol. The summed E-state index contributed by atoms with van der Waals surface area (Å²) in [4.78, 5) is 4.31. The van der Waals surface area contributed by atoms with E-state index in [1.807, 2.05) is 37.3 Å². The number of rotatable bonds is 3. The van der Waals surface area contributed by atoms with Crippen LogP contribution in [0.15, 0.2) is 40.8 Å². The Kier molecular flexibility index (Phi) is 3.55. The SMILES string of the molecule is Cc1nc2cc(NCc3cccc(Cl)c3Cl)ccc2o1. The summed E-state index contributed by atoms with van der Waals surface area (Å²) in [5.41, 5.74) is 3.54. The Bertz CT molecular complexity index is 768. The third kappa shape index (κ3) is 2.60. The van der Waals surface area contributed by atoms with Gasteiger partial charge in [-0.05, 0) is 29.8 Å². The van der Waals surface area contributed by atoms with Crippen molar-refractivity contribution in [2.75, 3.05) is 5.32 Å². The van der Waals surface area contributed by atoms with Crippen LogP contribution in [0.4, 0.5) is 5.69 Å². The zero-order chi connectivity index (χ0) is 14.1. The highest BCUT2D eigenvalue weighted by Gasteiger charge is 2.06. The number of aryl methyl sites for hydroxylation is 1. The molecule has 3 aromatic rings. The number of aromatic nitrogens is 1. The summed E-state index contributed by atoms with van der Waals surface area (Å²) in [5, 5.41) is 4.45. The van der Waals surface area contributed by atoms with Crippen molar-refractivity contribution in [1.82, 2.24) is 4.98 Å². The molecule has 0 saturated heterocycles. The molecule has 0 saturated carbocycles. The number of hydrogen-bond acceptors (Lipinski definition) is 3. The molecular formula is C15H12Cl2N2O. The maximum absolute atomic E-state index is 6.16. The standard InChI is InChI=1S/C15H12Cl2N2O/c1-9-19-13-7-11(5-6-14(13)20-9)18-8-10-3-2-4-12(16)15(10)17/h2-7,18H,8H2,1H3. The van der Waals surface area contributed by atoms with Gasteiger partial charge in [0.2, 0.25) is 0 Å². The van der Waals surface area contributed by atoms with Gasteiger partial charge in [-0.25, -0.2) is 4.98 Å². The van der Waals surface area contributed by atoms with E-state index in [0.29, 0.717) is 22.5 Å². The maximum atomic E-state index is 6.16. The number of fused-ring (bicyclic) bond motifs is 1. The van der Waals surface area contributed by atoms with Crippen LogP contribution in [0.3, 0.4) is 0 Å². The Morgan fingerprint density at radius 2 is 2.05 bits per heavy atom. The fourth-order valence-electron chi connectivity index (χ4n) is 2.03. The van der Waals surface area contributed by atoms with Crippen LogP contribution in [-0.4, -0.2) is 4.98 Å². The van der Waals surface area contributed by atoms with Gasteiger partial charge in [0.1, 0.15) is 5.52 Å². The molecule has 0 aliphatic heterocycles. The first kappa shape index (κ1) is 13.3. The molecule has 0 amide bonds. The first-order valence-corrected chi connectivity index (χ1v) is 6.93. The van der Waals surface area contributed by atoms with E-state index in [2.05, 4.69) is 10.3 Å². The zero-order valence-corrected chi connectivity index (χ0v) is 12.3.